The van der Waals surface area contributed by atoms with Crippen LogP contribution in [-0.4, -0.2) is 10.2 Å². The van der Waals surface area contributed by atoms with Crippen LogP contribution in [0.15, 0.2) is 6.07 Å². The van der Waals surface area contributed by atoms with Crippen molar-refractivity contribution in [1.29, 1.82) is 0 Å². The molecule has 0 bridgehead atoms. The number of nitrogens with zero attached hydrogens (tertiary/aromatic N) is 1. The van der Waals surface area contributed by atoms with Gasteiger partial charge in [-0.05, 0) is 59.3 Å². The number of aromatic amines is 1. The standard InChI is InChI=1S/C10H13IN2/c1-5-2-6-7(3-5)10(6)8-4-9(11)13-12-8/h4-7,10H,2-3H2,1H3,(H,12,13)/t5?,6-,7+,10+. The highest BCUT2D eigenvalue weighted by Gasteiger charge is 2.56. The summed E-state index contributed by atoms with van der Waals surface area (Å²) < 4.78 is 1.10. The van der Waals surface area contributed by atoms with E-state index in [1.807, 2.05) is 0 Å². The van der Waals surface area contributed by atoms with E-state index in [0.717, 1.165) is 27.4 Å². The molecule has 2 aliphatic rings. The summed E-state index contributed by atoms with van der Waals surface area (Å²) >= 11 is 2.27. The molecule has 2 saturated carbocycles. The molecule has 70 valence electrons. The van der Waals surface area contributed by atoms with E-state index in [-0.39, 0.29) is 0 Å². The Morgan fingerprint density at radius 2 is 2.15 bits per heavy atom. The zero-order valence-electron chi connectivity index (χ0n) is 7.63. The number of aromatic nitrogens is 2. The van der Waals surface area contributed by atoms with Gasteiger partial charge in [0.05, 0.1) is 0 Å². The van der Waals surface area contributed by atoms with Gasteiger partial charge in [0, 0.05) is 11.6 Å². The molecule has 0 spiro atoms. The molecule has 0 aromatic carbocycles. The average molecular weight is 288 g/mol. The Bertz CT molecular complexity index is 321. The predicted molar refractivity (Wildman–Crippen MR) is 59.4 cm³/mol. The lowest BCUT2D eigenvalue weighted by Crippen LogP contribution is -1.95. The van der Waals surface area contributed by atoms with Crippen LogP contribution in [0.1, 0.15) is 31.4 Å². The molecular formula is C10H13IN2. The molecule has 3 rings (SSSR count). The van der Waals surface area contributed by atoms with E-state index in [4.69, 9.17) is 0 Å². The van der Waals surface area contributed by atoms with Gasteiger partial charge in [-0.25, -0.2) is 0 Å². The van der Waals surface area contributed by atoms with Crippen LogP contribution in [0.4, 0.5) is 0 Å². The van der Waals surface area contributed by atoms with E-state index in [0.29, 0.717) is 0 Å². The second-order valence-corrected chi connectivity index (χ2v) is 5.68. The third-order valence-corrected chi connectivity index (χ3v) is 4.16. The Balaban J connectivity index is 1.78. The van der Waals surface area contributed by atoms with E-state index in [1.54, 1.807) is 0 Å². The van der Waals surface area contributed by atoms with Gasteiger partial charge in [0.1, 0.15) is 3.70 Å². The van der Waals surface area contributed by atoms with Crippen molar-refractivity contribution in [2.75, 3.05) is 0 Å². The summed E-state index contributed by atoms with van der Waals surface area (Å²) in [4.78, 5) is 0. The zero-order valence-corrected chi connectivity index (χ0v) is 9.78. The predicted octanol–water partition coefficient (Wildman–Crippen LogP) is 2.77. The molecule has 4 atom stereocenters. The number of hydrogen-bond acceptors (Lipinski definition) is 1. The molecule has 0 saturated heterocycles. The Kier molecular flexibility index (Phi) is 1.73. The van der Waals surface area contributed by atoms with Gasteiger partial charge in [0.25, 0.3) is 0 Å². The van der Waals surface area contributed by atoms with Crippen molar-refractivity contribution in [1.82, 2.24) is 10.2 Å². The minimum Gasteiger partial charge on any atom is -0.281 e. The summed E-state index contributed by atoms with van der Waals surface area (Å²) in [6.07, 6.45) is 2.87. The minimum atomic E-state index is 0.826. The van der Waals surface area contributed by atoms with Gasteiger partial charge in [-0.1, -0.05) is 6.92 Å². The van der Waals surface area contributed by atoms with Crippen molar-refractivity contribution in [2.24, 2.45) is 17.8 Å². The largest absolute Gasteiger partial charge is 0.281 e. The smallest absolute Gasteiger partial charge is 0.123 e. The van der Waals surface area contributed by atoms with Crippen LogP contribution in [0.25, 0.3) is 0 Å². The Morgan fingerprint density at radius 1 is 1.46 bits per heavy atom. The fourth-order valence-corrected chi connectivity index (χ4v) is 3.51. The molecule has 1 N–H and O–H groups in total. The van der Waals surface area contributed by atoms with Crippen molar-refractivity contribution in [3.63, 3.8) is 0 Å². The fraction of sp³-hybridized carbons (Fsp3) is 0.700. The summed E-state index contributed by atoms with van der Waals surface area (Å²) in [5.74, 6) is 3.75. The molecule has 1 unspecified atom stereocenters. The molecule has 1 aromatic rings. The van der Waals surface area contributed by atoms with E-state index in [2.05, 4.69) is 45.8 Å². The van der Waals surface area contributed by atoms with Crippen molar-refractivity contribution >= 4 is 22.6 Å². The first-order valence-corrected chi connectivity index (χ1v) is 6.04. The lowest BCUT2D eigenvalue weighted by Gasteiger charge is -2.05. The van der Waals surface area contributed by atoms with Crippen LogP contribution in [-0.2, 0) is 0 Å². The van der Waals surface area contributed by atoms with Gasteiger partial charge in [0.2, 0.25) is 0 Å². The molecule has 3 heteroatoms. The first kappa shape index (κ1) is 8.26. The molecule has 2 nitrogen and oxygen atoms in total. The van der Waals surface area contributed by atoms with Crippen LogP contribution >= 0.6 is 22.6 Å². The van der Waals surface area contributed by atoms with E-state index < -0.39 is 0 Å². The summed E-state index contributed by atoms with van der Waals surface area (Å²) in [6, 6.07) is 2.20. The van der Waals surface area contributed by atoms with Crippen molar-refractivity contribution in [3.05, 3.63) is 15.5 Å². The number of fused-ring (bicyclic) bond motifs is 1. The van der Waals surface area contributed by atoms with Crippen LogP contribution in [0, 0.1) is 21.5 Å². The van der Waals surface area contributed by atoms with Crippen LogP contribution < -0.4 is 0 Å². The minimum absolute atomic E-state index is 0.826. The topological polar surface area (TPSA) is 28.7 Å². The summed E-state index contributed by atoms with van der Waals surface area (Å²) in [5.41, 5.74) is 1.38. The molecule has 2 aliphatic carbocycles. The third-order valence-electron chi connectivity index (χ3n) is 3.61. The first-order valence-electron chi connectivity index (χ1n) is 4.96. The van der Waals surface area contributed by atoms with Crippen molar-refractivity contribution in [2.45, 2.75) is 25.7 Å². The lowest BCUT2D eigenvalue weighted by molar-refractivity contribution is 0.510. The van der Waals surface area contributed by atoms with Gasteiger partial charge < -0.3 is 0 Å². The SMILES string of the molecule is CC1C[C@@H]2[C@H](C1)[C@H]2c1cc(I)n[nH]1. The van der Waals surface area contributed by atoms with Gasteiger partial charge in [-0.15, -0.1) is 0 Å². The summed E-state index contributed by atoms with van der Waals surface area (Å²) in [7, 11) is 0. The molecule has 0 radical (unpaired) electrons. The molecule has 0 aliphatic heterocycles. The molecule has 13 heavy (non-hydrogen) atoms. The van der Waals surface area contributed by atoms with Gasteiger partial charge in [-0.3, -0.25) is 5.10 Å². The van der Waals surface area contributed by atoms with Gasteiger partial charge >= 0.3 is 0 Å². The number of nitrogens with one attached hydrogen (secondary N) is 1. The summed E-state index contributed by atoms with van der Waals surface area (Å²) in [5, 5.41) is 7.34. The number of rotatable bonds is 1. The van der Waals surface area contributed by atoms with Gasteiger partial charge in [0.15, 0.2) is 0 Å². The van der Waals surface area contributed by atoms with Crippen LogP contribution in [0.5, 0.6) is 0 Å². The van der Waals surface area contributed by atoms with Crippen molar-refractivity contribution < 1.29 is 0 Å². The van der Waals surface area contributed by atoms with Gasteiger partial charge in [-0.2, -0.15) is 5.10 Å². The highest BCUT2D eigenvalue weighted by molar-refractivity contribution is 14.1. The number of halogens is 1. The third kappa shape index (κ3) is 1.23. The number of hydrogen-bond donors (Lipinski definition) is 1. The van der Waals surface area contributed by atoms with Crippen molar-refractivity contribution in [3.8, 4) is 0 Å². The Hall–Kier alpha value is -0.0600. The second-order valence-electron chi connectivity index (χ2n) is 4.58. The van der Waals surface area contributed by atoms with Crippen LogP contribution in [0.2, 0.25) is 0 Å². The molecular weight excluding hydrogens is 275 g/mol. The second kappa shape index (κ2) is 2.72. The maximum absolute atomic E-state index is 4.19. The number of H-pyrrole nitrogens is 1. The maximum atomic E-state index is 4.19. The zero-order chi connectivity index (χ0) is 9.00. The fourth-order valence-electron chi connectivity index (χ4n) is 3.06. The summed E-state index contributed by atoms with van der Waals surface area (Å²) in [6.45, 7) is 2.37. The highest BCUT2D eigenvalue weighted by Crippen LogP contribution is 2.64. The quantitative estimate of drug-likeness (QED) is 0.791. The average Bonchev–Trinajstić information content (AvgIpc) is 2.50. The maximum Gasteiger partial charge on any atom is 0.123 e. The highest BCUT2D eigenvalue weighted by atomic mass is 127. The van der Waals surface area contributed by atoms with Crippen LogP contribution in [0.3, 0.4) is 0 Å². The van der Waals surface area contributed by atoms with E-state index in [9.17, 15) is 0 Å². The monoisotopic (exact) mass is 288 g/mol. The molecule has 2 fully saturated rings. The normalized spacial score (nSPS) is 42.0. The molecule has 0 amide bonds. The first-order chi connectivity index (χ1) is 6.25. The van der Waals surface area contributed by atoms with E-state index in [1.165, 1.54) is 18.5 Å². The molecule has 1 heterocycles. The Labute approximate surface area is 91.6 Å². The lowest BCUT2D eigenvalue weighted by atomic mass is 10.0. The van der Waals surface area contributed by atoms with E-state index >= 15 is 0 Å². The molecule has 1 aromatic heterocycles. The Morgan fingerprint density at radius 3 is 2.69 bits per heavy atom.